The van der Waals surface area contributed by atoms with Crippen LogP contribution in [0.2, 0.25) is 5.02 Å². The van der Waals surface area contributed by atoms with Crippen LogP contribution in [0, 0.1) is 6.92 Å². The highest BCUT2D eigenvalue weighted by Crippen LogP contribution is 2.24. The molecule has 8 heteroatoms. The number of benzene rings is 1. The summed E-state index contributed by atoms with van der Waals surface area (Å²) in [5.41, 5.74) is 1.40. The Morgan fingerprint density at radius 2 is 2.00 bits per heavy atom. The van der Waals surface area contributed by atoms with Gasteiger partial charge >= 0.3 is 0 Å². The molecule has 1 aromatic heterocycles. The molecule has 1 amide bonds. The lowest BCUT2D eigenvalue weighted by atomic mass is 10.1. The molecular formula is C17H19ClN2O4S. The van der Waals surface area contributed by atoms with Crippen LogP contribution in [0.4, 0.5) is 0 Å². The van der Waals surface area contributed by atoms with Crippen LogP contribution < -0.4 is 4.72 Å². The summed E-state index contributed by atoms with van der Waals surface area (Å²) in [7, 11) is -3.69. The van der Waals surface area contributed by atoms with E-state index in [0.717, 1.165) is 5.56 Å². The highest BCUT2D eigenvalue weighted by molar-refractivity contribution is 7.89. The van der Waals surface area contributed by atoms with Crippen molar-refractivity contribution >= 4 is 27.5 Å². The molecule has 1 N–H and O–H groups in total. The average molecular weight is 383 g/mol. The van der Waals surface area contributed by atoms with Crippen LogP contribution in [0.25, 0.3) is 0 Å². The molecule has 0 aliphatic carbocycles. The minimum atomic E-state index is -3.69. The van der Waals surface area contributed by atoms with Gasteiger partial charge in [0.25, 0.3) is 5.91 Å². The van der Waals surface area contributed by atoms with Gasteiger partial charge in [-0.05, 0) is 43.5 Å². The Kier molecular flexibility index (Phi) is 5.17. The van der Waals surface area contributed by atoms with Crippen molar-refractivity contribution in [1.29, 1.82) is 0 Å². The quantitative estimate of drug-likeness (QED) is 0.881. The predicted octanol–water partition coefficient (Wildman–Crippen LogP) is 2.82. The minimum Gasteiger partial charge on any atom is -0.472 e. The van der Waals surface area contributed by atoms with E-state index in [4.69, 9.17) is 16.0 Å². The number of carbonyl (C=O) groups is 1. The maximum Gasteiger partial charge on any atom is 0.257 e. The van der Waals surface area contributed by atoms with E-state index in [9.17, 15) is 13.2 Å². The van der Waals surface area contributed by atoms with Gasteiger partial charge in [-0.2, -0.15) is 0 Å². The van der Waals surface area contributed by atoms with Gasteiger partial charge in [0.15, 0.2) is 0 Å². The fourth-order valence-electron chi connectivity index (χ4n) is 2.88. The van der Waals surface area contributed by atoms with Gasteiger partial charge in [-0.1, -0.05) is 17.7 Å². The fraction of sp³-hybridized carbons (Fsp3) is 0.353. The normalized spacial score (nSPS) is 16.2. The van der Waals surface area contributed by atoms with Gasteiger partial charge in [-0.3, -0.25) is 4.79 Å². The van der Waals surface area contributed by atoms with Crippen LogP contribution in [-0.4, -0.2) is 38.4 Å². The first-order valence-corrected chi connectivity index (χ1v) is 9.83. The van der Waals surface area contributed by atoms with Gasteiger partial charge < -0.3 is 9.32 Å². The summed E-state index contributed by atoms with van der Waals surface area (Å²) >= 11 is 6.07. The van der Waals surface area contributed by atoms with E-state index in [1.807, 2.05) is 6.92 Å². The van der Waals surface area contributed by atoms with Gasteiger partial charge in [-0.15, -0.1) is 0 Å². The van der Waals surface area contributed by atoms with E-state index in [1.54, 1.807) is 23.1 Å². The number of rotatable bonds is 4. The number of carbonyl (C=O) groups excluding carboxylic acids is 1. The van der Waals surface area contributed by atoms with Crippen molar-refractivity contribution in [3.63, 3.8) is 0 Å². The monoisotopic (exact) mass is 382 g/mol. The summed E-state index contributed by atoms with van der Waals surface area (Å²) in [4.78, 5) is 14.0. The minimum absolute atomic E-state index is 0.0802. The first kappa shape index (κ1) is 18.0. The van der Waals surface area contributed by atoms with Crippen molar-refractivity contribution in [2.75, 3.05) is 13.1 Å². The van der Waals surface area contributed by atoms with Crippen LogP contribution in [-0.2, 0) is 10.0 Å². The van der Waals surface area contributed by atoms with Gasteiger partial charge in [0.1, 0.15) is 11.2 Å². The molecular weight excluding hydrogens is 364 g/mol. The number of nitrogens with zero attached hydrogens (tertiary/aromatic N) is 1. The Labute approximate surface area is 151 Å². The van der Waals surface area contributed by atoms with Crippen molar-refractivity contribution < 1.29 is 17.6 Å². The van der Waals surface area contributed by atoms with E-state index >= 15 is 0 Å². The first-order valence-electron chi connectivity index (χ1n) is 7.97. The zero-order valence-corrected chi connectivity index (χ0v) is 15.3. The largest absolute Gasteiger partial charge is 0.472 e. The number of hydrogen-bond acceptors (Lipinski definition) is 4. The third-order valence-corrected chi connectivity index (χ3v) is 6.25. The molecule has 0 bridgehead atoms. The maximum absolute atomic E-state index is 12.5. The summed E-state index contributed by atoms with van der Waals surface area (Å²) < 4.78 is 32.7. The molecule has 1 saturated heterocycles. The Morgan fingerprint density at radius 3 is 2.60 bits per heavy atom. The number of likely N-dealkylation sites (tertiary alicyclic amines) is 1. The Bertz CT molecular complexity index is 857. The molecule has 1 aromatic carbocycles. The molecule has 0 saturated carbocycles. The van der Waals surface area contributed by atoms with Crippen molar-refractivity contribution in [1.82, 2.24) is 9.62 Å². The zero-order valence-electron chi connectivity index (χ0n) is 13.7. The lowest BCUT2D eigenvalue weighted by Gasteiger charge is -2.32. The molecule has 2 heterocycles. The third kappa shape index (κ3) is 4.05. The Hall–Kier alpha value is -1.83. The second-order valence-corrected chi connectivity index (χ2v) is 8.22. The smallest absolute Gasteiger partial charge is 0.257 e. The van der Waals surface area contributed by atoms with Crippen LogP contribution in [0.3, 0.4) is 0 Å². The molecule has 25 heavy (non-hydrogen) atoms. The standard InChI is InChI=1S/C17H19ClN2O4S/c1-12-2-3-16(15(18)10-12)25(22,23)19-14-4-7-20(8-5-14)17(21)13-6-9-24-11-13/h2-3,6,9-11,14,19H,4-5,7-8H2,1H3. The molecule has 0 atom stereocenters. The summed E-state index contributed by atoms with van der Waals surface area (Å²) in [6.45, 7) is 2.82. The molecule has 0 radical (unpaired) electrons. The summed E-state index contributed by atoms with van der Waals surface area (Å²) in [6, 6.07) is 6.25. The molecule has 134 valence electrons. The van der Waals surface area contributed by atoms with Crippen LogP contribution in [0.1, 0.15) is 28.8 Å². The molecule has 1 aliphatic rings. The summed E-state index contributed by atoms with van der Waals surface area (Å²) in [6.07, 6.45) is 3.97. The molecule has 0 unspecified atom stereocenters. The SMILES string of the molecule is Cc1ccc(S(=O)(=O)NC2CCN(C(=O)c3ccoc3)CC2)c(Cl)c1. The van der Waals surface area contributed by atoms with E-state index in [-0.39, 0.29) is 21.9 Å². The van der Waals surface area contributed by atoms with Gasteiger partial charge in [-0.25, -0.2) is 13.1 Å². The van der Waals surface area contributed by atoms with Crippen molar-refractivity contribution in [2.24, 2.45) is 0 Å². The van der Waals surface area contributed by atoms with Crippen LogP contribution in [0.5, 0.6) is 0 Å². The second kappa shape index (κ2) is 7.19. The molecule has 0 spiro atoms. The highest BCUT2D eigenvalue weighted by atomic mass is 35.5. The number of piperidine rings is 1. The lowest BCUT2D eigenvalue weighted by Crippen LogP contribution is -2.46. The van der Waals surface area contributed by atoms with Gasteiger partial charge in [0, 0.05) is 19.1 Å². The third-order valence-electron chi connectivity index (χ3n) is 4.25. The lowest BCUT2D eigenvalue weighted by molar-refractivity contribution is 0.0710. The number of nitrogens with one attached hydrogen (secondary N) is 1. The van der Waals surface area contributed by atoms with Gasteiger partial charge in [0.2, 0.25) is 10.0 Å². The second-order valence-electron chi connectivity index (χ2n) is 6.13. The van der Waals surface area contributed by atoms with E-state index in [0.29, 0.717) is 31.5 Å². The number of hydrogen-bond donors (Lipinski definition) is 1. The number of sulfonamides is 1. The fourth-order valence-corrected chi connectivity index (χ4v) is 4.78. The van der Waals surface area contributed by atoms with Crippen molar-refractivity contribution in [3.8, 4) is 0 Å². The Balaban J connectivity index is 1.62. The number of amides is 1. The molecule has 6 nitrogen and oxygen atoms in total. The molecule has 3 rings (SSSR count). The average Bonchev–Trinajstić information content (AvgIpc) is 3.08. The number of furan rings is 1. The first-order chi connectivity index (χ1) is 11.9. The molecule has 1 fully saturated rings. The molecule has 1 aliphatic heterocycles. The molecule has 2 aromatic rings. The van der Waals surface area contributed by atoms with Crippen LogP contribution >= 0.6 is 11.6 Å². The van der Waals surface area contributed by atoms with E-state index in [1.165, 1.54) is 18.6 Å². The maximum atomic E-state index is 12.5. The zero-order chi connectivity index (χ0) is 18.0. The number of halogens is 1. The van der Waals surface area contributed by atoms with E-state index in [2.05, 4.69) is 4.72 Å². The topological polar surface area (TPSA) is 79.6 Å². The van der Waals surface area contributed by atoms with Crippen LogP contribution in [0.15, 0.2) is 46.1 Å². The highest BCUT2D eigenvalue weighted by Gasteiger charge is 2.28. The van der Waals surface area contributed by atoms with Gasteiger partial charge in [0.05, 0.1) is 16.8 Å². The summed E-state index contributed by atoms with van der Waals surface area (Å²) in [5, 5.41) is 0.208. The number of aryl methyl sites for hydroxylation is 1. The summed E-state index contributed by atoms with van der Waals surface area (Å²) in [5.74, 6) is -0.100. The van der Waals surface area contributed by atoms with E-state index < -0.39 is 10.0 Å². The predicted molar refractivity (Wildman–Crippen MR) is 94.1 cm³/mol. The van der Waals surface area contributed by atoms with Crippen molar-refractivity contribution in [3.05, 3.63) is 52.9 Å². The Morgan fingerprint density at radius 1 is 1.28 bits per heavy atom. The van der Waals surface area contributed by atoms with Crippen molar-refractivity contribution in [2.45, 2.75) is 30.7 Å².